The predicted octanol–water partition coefficient (Wildman–Crippen LogP) is 3.95. The fourth-order valence-electron chi connectivity index (χ4n) is 5.05. The minimum atomic E-state index is -1.16. The number of aryl methyl sites for hydroxylation is 1. The number of aliphatic hydroxyl groups excluding tert-OH is 2. The molecule has 1 saturated carbocycles. The van der Waals surface area contributed by atoms with Crippen molar-refractivity contribution in [2.45, 2.75) is 77.9 Å². The molecule has 9 heteroatoms. The molecule has 1 fully saturated rings. The van der Waals surface area contributed by atoms with Crippen LogP contribution in [0.15, 0.2) is 42.5 Å². The minimum Gasteiger partial charge on any atom is -0.474 e. The molecule has 9 nitrogen and oxygen atoms in total. The Morgan fingerprint density at radius 2 is 1.89 bits per heavy atom. The fraction of sp³-hybridized carbons (Fsp3) is 0.483. The van der Waals surface area contributed by atoms with Gasteiger partial charge in [-0.2, -0.15) is 0 Å². The van der Waals surface area contributed by atoms with Crippen LogP contribution in [-0.4, -0.2) is 67.2 Å². The molecule has 2 aromatic heterocycles. The number of ether oxygens (including phenoxy) is 1. The number of hydrogen-bond acceptors (Lipinski definition) is 7. The quantitative estimate of drug-likeness (QED) is 0.418. The second-order valence-corrected chi connectivity index (χ2v) is 10.2. The van der Waals surface area contributed by atoms with Crippen molar-refractivity contribution >= 4 is 11.7 Å². The van der Waals surface area contributed by atoms with E-state index in [4.69, 9.17) is 14.7 Å². The molecule has 1 aliphatic carbocycles. The second-order valence-electron chi connectivity index (χ2n) is 10.2. The molecule has 0 saturated heterocycles. The maximum absolute atomic E-state index is 13.9. The molecular formula is C29H37N5O4. The van der Waals surface area contributed by atoms with Crippen molar-refractivity contribution in [3.8, 4) is 17.3 Å². The van der Waals surface area contributed by atoms with Crippen molar-refractivity contribution in [3.63, 3.8) is 0 Å². The summed E-state index contributed by atoms with van der Waals surface area (Å²) in [5, 5.41) is 20.8. The Kier molecular flexibility index (Phi) is 7.67. The van der Waals surface area contributed by atoms with Crippen LogP contribution in [0, 0.1) is 6.92 Å². The lowest BCUT2D eigenvalue weighted by Gasteiger charge is -2.43. The van der Waals surface area contributed by atoms with Gasteiger partial charge in [0.15, 0.2) is 11.5 Å². The number of aromatic nitrogens is 3. The number of amides is 1. The summed E-state index contributed by atoms with van der Waals surface area (Å²) in [6.07, 6.45) is 3.49. The molecule has 2 atom stereocenters. The summed E-state index contributed by atoms with van der Waals surface area (Å²) in [6, 6.07) is 13.7. The molecule has 38 heavy (non-hydrogen) atoms. The zero-order valence-electron chi connectivity index (χ0n) is 22.4. The van der Waals surface area contributed by atoms with Gasteiger partial charge in [0, 0.05) is 37.4 Å². The number of anilines is 1. The van der Waals surface area contributed by atoms with Crippen LogP contribution in [0.3, 0.4) is 0 Å². The largest absolute Gasteiger partial charge is 0.474 e. The Balaban J connectivity index is 1.65. The van der Waals surface area contributed by atoms with E-state index in [0.717, 1.165) is 36.1 Å². The van der Waals surface area contributed by atoms with E-state index < -0.39 is 6.35 Å². The van der Waals surface area contributed by atoms with E-state index in [9.17, 15) is 15.0 Å². The Bertz CT molecular complexity index is 1270. The molecule has 1 amide bonds. The Hall–Kier alpha value is -3.43. The smallest absolute Gasteiger partial charge is 0.277 e. The number of nitrogens with zero attached hydrogens (tertiary/aromatic N) is 5. The highest BCUT2D eigenvalue weighted by atomic mass is 16.5. The second kappa shape index (κ2) is 11.1. The molecule has 2 aliphatic rings. The number of hydrogen-bond donors (Lipinski definition) is 2. The third kappa shape index (κ3) is 4.88. The van der Waals surface area contributed by atoms with Gasteiger partial charge in [-0.3, -0.25) is 9.69 Å². The number of benzene rings is 1. The van der Waals surface area contributed by atoms with Gasteiger partial charge in [-0.1, -0.05) is 37.3 Å². The van der Waals surface area contributed by atoms with Gasteiger partial charge >= 0.3 is 0 Å². The maximum atomic E-state index is 13.9. The number of rotatable bonds is 10. The Morgan fingerprint density at radius 3 is 2.53 bits per heavy atom. The zero-order chi connectivity index (χ0) is 26.8. The number of pyridine rings is 1. The van der Waals surface area contributed by atoms with Crippen molar-refractivity contribution in [1.29, 1.82) is 0 Å². The van der Waals surface area contributed by atoms with Gasteiger partial charge in [0.1, 0.15) is 11.9 Å². The van der Waals surface area contributed by atoms with Crippen LogP contribution in [0.1, 0.15) is 67.7 Å². The maximum Gasteiger partial charge on any atom is 0.277 e. The van der Waals surface area contributed by atoms with E-state index in [1.165, 1.54) is 11.3 Å². The topological polar surface area (TPSA) is 104 Å². The molecule has 3 aromatic rings. The van der Waals surface area contributed by atoms with Gasteiger partial charge in [0.2, 0.25) is 12.2 Å². The molecule has 0 spiro atoms. The van der Waals surface area contributed by atoms with Crippen molar-refractivity contribution in [2.75, 3.05) is 18.1 Å². The minimum absolute atomic E-state index is 0.0681. The Labute approximate surface area is 223 Å². The predicted molar refractivity (Wildman–Crippen MR) is 145 cm³/mol. The first kappa shape index (κ1) is 26.2. The summed E-state index contributed by atoms with van der Waals surface area (Å²) < 4.78 is 7.96. The number of imidazole rings is 1. The van der Waals surface area contributed by atoms with E-state index >= 15 is 0 Å². The average molecular weight is 520 g/mol. The summed E-state index contributed by atoms with van der Waals surface area (Å²) in [6.45, 7) is 6.59. The van der Waals surface area contributed by atoms with Gasteiger partial charge in [0.25, 0.3) is 5.91 Å². The lowest BCUT2D eigenvalue weighted by atomic mass is 9.96. The summed E-state index contributed by atoms with van der Waals surface area (Å²) >= 11 is 0. The number of carbonyl (C=O) groups excluding carboxylic acids is 1. The van der Waals surface area contributed by atoms with Crippen LogP contribution in [0.25, 0.3) is 11.4 Å². The monoisotopic (exact) mass is 519 g/mol. The van der Waals surface area contributed by atoms with E-state index in [1.54, 1.807) is 0 Å². The summed E-state index contributed by atoms with van der Waals surface area (Å²) in [5.74, 6) is 1.39. The normalized spacial score (nSPS) is 18.3. The molecule has 0 bridgehead atoms. The van der Waals surface area contributed by atoms with Crippen LogP contribution < -0.4 is 9.64 Å². The molecule has 2 N–H and O–H groups in total. The van der Waals surface area contributed by atoms with Gasteiger partial charge in [-0.25, -0.2) is 9.97 Å². The van der Waals surface area contributed by atoms with Gasteiger partial charge < -0.3 is 24.4 Å². The van der Waals surface area contributed by atoms with Crippen LogP contribution >= 0.6 is 0 Å². The number of carbonyl (C=O) groups is 1. The van der Waals surface area contributed by atoms with E-state index in [1.807, 2.05) is 72.7 Å². The van der Waals surface area contributed by atoms with Crippen molar-refractivity contribution in [3.05, 3.63) is 59.4 Å². The third-order valence-electron chi connectivity index (χ3n) is 7.63. The van der Waals surface area contributed by atoms with Crippen LogP contribution in [0.2, 0.25) is 0 Å². The third-order valence-corrected chi connectivity index (χ3v) is 7.63. The van der Waals surface area contributed by atoms with Crippen molar-refractivity contribution in [2.24, 2.45) is 0 Å². The molecule has 3 heterocycles. The Morgan fingerprint density at radius 1 is 1.13 bits per heavy atom. The molecule has 0 radical (unpaired) electrons. The average Bonchev–Trinajstić information content (AvgIpc) is 3.25. The first-order chi connectivity index (χ1) is 18.4. The lowest BCUT2D eigenvalue weighted by Crippen LogP contribution is -2.58. The highest BCUT2D eigenvalue weighted by molar-refractivity contribution is 6.00. The van der Waals surface area contributed by atoms with Crippen molar-refractivity contribution in [1.82, 2.24) is 19.4 Å². The molecule has 5 rings (SSSR count). The van der Waals surface area contributed by atoms with E-state index in [2.05, 4.69) is 0 Å². The first-order valence-electron chi connectivity index (χ1n) is 13.6. The molecule has 2 unspecified atom stereocenters. The van der Waals surface area contributed by atoms with Gasteiger partial charge in [-0.15, -0.1) is 0 Å². The van der Waals surface area contributed by atoms with Gasteiger partial charge in [-0.05, 0) is 57.6 Å². The molecule has 1 aromatic carbocycles. The van der Waals surface area contributed by atoms with Crippen molar-refractivity contribution < 1.29 is 19.7 Å². The van der Waals surface area contributed by atoms with Crippen LogP contribution in [0.4, 0.5) is 5.82 Å². The zero-order valence-corrected chi connectivity index (χ0v) is 22.4. The summed E-state index contributed by atoms with van der Waals surface area (Å²) in [4.78, 5) is 26.9. The lowest BCUT2D eigenvalue weighted by molar-refractivity contribution is -0.00548. The van der Waals surface area contributed by atoms with Crippen LogP contribution in [-0.2, 0) is 6.54 Å². The van der Waals surface area contributed by atoms with E-state index in [0.29, 0.717) is 36.2 Å². The molecule has 1 aliphatic heterocycles. The number of aliphatic hydroxyl groups is 2. The first-order valence-corrected chi connectivity index (χ1v) is 13.6. The van der Waals surface area contributed by atoms with Gasteiger partial charge in [0.05, 0.1) is 5.69 Å². The number of fused-ring (bicyclic) bond motifs is 1. The fourth-order valence-corrected chi connectivity index (χ4v) is 5.05. The standard InChI is InChI=1S/C29H37N5O4/c1-4-19(2)34-27-25(28(36)32(29(34)37)16-9-17-35)33(18-21-10-6-5-7-11-21)26(31-27)23-14-15-24(30-20(23)3)38-22-12-8-13-22/h5-7,10-11,14-15,19,22,29,35,37H,4,8-9,12-13,16-18H2,1-3H3. The summed E-state index contributed by atoms with van der Waals surface area (Å²) in [7, 11) is 0. The SMILES string of the molecule is CCC(C)N1c2nc(-c3ccc(OC4CCC4)nc3C)n(Cc3ccccc3)c2C(=O)N(CCCO)C1O. The molecule has 202 valence electrons. The molecular weight excluding hydrogens is 482 g/mol. The van der Waals surface area contributed by atoms with E-state index in [-0.39, 0.29) is 31.2 Å². The highest BCUT2D eigenvalue weighted by Gasteiger charge is 2.43. The summed E-state index contributed by atoms with van der Waals surface area (Å²) in [5.41, 5.74) is 3.03. The highest BCUT2D eigenvalue weighted by Crippen LogP contribution is 2.37. The van der Waals surface area contributed by atoms with Crippen LogP contribution in [0.5, 0.6) is 5.88 Å².